The van der Waals surface area contributed by atoms with E-state index in [1.165, 1.54) is 61.6 Å². The van der Waals surface area contributed by atoms with Crippen LogP contribution in [-0.4, -0.2) is 32.4 Å². The van der Waals surface area contributed by atoms with Gasteiger partial charge in [-0.1, -0.05) is 50.3 Å². The van der Waals surface area contributed by atoms with Crippen LogP contribution >= 0.6 is 23.1 Å². The molecule has 0 N–H and O–H groups in total. The standard InChI is InChI=1S/C20H28N4O2S2/c1-14(28-20-23-22-17(26-20)15-8-4-2-5-9-15)18(25)24(19-21-12-13-27-19)16-10-6-3-7-11-16/h12-16H,2-11H2,1H3/t14-/m0/s1. The van der Waals surface area contributed by atoms with Crippen LogP contribution in [0.1, 0.15) is 82.9 Å². The van der Waals surface area contributed by atoms with E-state index in [1.807, 2.05) is 17.2 Å². The molecule has 2 fully saturated rings. The Labute approximate surface area is 174 Å². The Morgan fingerprint density at radius 3 is 2.54 bits per heavy atom. The van der Waals surface area contributed by atoms with Crippen molar-refractivity contribution >= 4 is 34.1 Å². The van der Waals surface area contributed by atoms with E-state index < -0.39 is 0 Å². The van der Waals surface area contributed by atoms with Gasteiger partial charge >= 0.3 is 0 Å². The smallest absolute Gasteiger partial charge is 0.277 e. The third-order valence-electron chi connectivity index (χ3n) is 5.80. The van der Waals surface area contributed by atoms with Crippen molar-refractivity contribution in [1.82, 2.24) is 15.2 Å². The van der Waals surface area contributed by atoms with Crippen molar-refractivity contribution < 1.29 is 9.21 Å². The maximum Gasteiger partial charge on any atom is 0.277 e. The fourth-order valence-corrected chi connectivity index (χ4v) is 5.74. The highest BCUT2D eigenvalue weighted by molar-refractivity contribution is 8.00. The number of carbonyl (C=O) groups is 1. The zero-order chi connectivity index (χ0) is 19.3. The number of carbonyl (C=O) groups excluding carboxylic acids is 1. The molecule has 2 aliphatic carbocycles. The van der Waals surface area contributed by atoms with Crippen LogP contribution in [0.3, 0.4) is 0 Å². The summed E-state index contributed by atoms with van der Waals surface area (Å²) in [5.41, 5.74) is 0. The number of rotatable bonds is 6. The Balaban J connectivity index is 1.44. The van der Waals surface area contributed by atoms with Crippen molar-refractivity contribution in [1.29, 1.82) is 0 Å². The fraction of sp³-hybridized carbons (Fsp3) is 0.700. The van der Waals surface area contributed by atoms with Crippen molar-refractivity contribution in [2.75, 3.05) is 4.90 Å². The van der Waals surface area contributed by atoms with Crippen molar-refractivity contribution in [3.05, 3.63) is 17.5 Å². The highest BCUT2D eigenvalue weighted by Crippen LogP contribution is 2.35. The molecule has 0 radical (unpaired) electrons. The molecule has 2 saturated carbocycles. The fourth-order valence-electron chi connectivity index (χ4n) is 4.28. The first-order valence-corrected chi connectivity index (χ1v) is 12.2. The molecule has 2 aromatic heterocycles. The largest absolute Gasteiger partial charge is 0.416 e. The topological polar surface area (TPSA) is 72.1 Å². The Bertz CT molecular complexity index is 752. The lowest BCUT2D eigenvalue weighted by molar-refractivity contribution is -0.118. The SMILES string of the molecule is C[C@H](Sc1nnc(C2CCCCC2)o1)C(=O)N(c1nccs1)C1CCCCC1. The number of thioether (sulfide) groups is 1. The first kappa shape index (κ1) is 19.9. The number of anilines is 1. The molecule has 8 heteroatoms. The maximum atomic E-state index is 13.3. The van der Waals surface area contributed by atoms with Gasteiger partial charge in [-0.25, -0.2) is 4.98 Å². The van der Waals surface area contributed by atoms with Crippen molar-refractivity contribution in [3.63, 3.8) is 0 Å². The lowest BCUT2D eigenvalue weighted by Gasteiger charge is -2.33. The molecule has 0 aliphatic heterocycles. The van der Waals surface area contributed by atoms with E-state index in [0.29, 0.717) is 11.1 Å². The average molecular weight is 421 g/mol. The van der Waals surface area contributed by atoms with Gasteiger partial charge in [0.25, 0.3) is 5.22 Å². The van der Waals surface area contributed by atoms with Gasteiger partial charge in [0.2, 0.25) is 11.8 Å². The summed E-state index contributed by atoms with van der Waals surface area (Å²) in [6.07, 6.45) is 13.5. The lowest BCUT2D eigenvalue weighted by atomic mass is 9.89. The summed E-state index contributed by atoms with van der Waals surface area (Å²) in [6.45, 7) is 1.93. The number of nitrogens with zero attached hydrogens (tertiary/aromatic N) is 4. The highest BCUT2D eigenvalue weighted by Gasteiger charge is 2.33. The summed E-state index contributed by atoms with van der Waals surface area (Å²) in [4.78, 5) is 19.7. The minimum absolute atomic E-state index is 0.0873. The predicted octanol–water partition coefficient (Wildman–Crippen LogP) is 5.42. The van der Waals surface area contributed by atoms with Crippen LogP contribution in [0.4, 0.5) is 5.13 Å². The normalized spacial score (nSPS) is 20.2. The minimum atomic E-state index is -0.287. The molecule has 6 nitrogen and oxygen atoms in total. The van der Waals surface area contributed by atoms with Gasteiger partial charge in [0.1, 0.15) is 0 Å². The van der Waals surface area contributed by atoms with Crippen molar-refractivity contribution in [2.45, 2.75) is 93.6 Å². The van der Waals surface area contributed by atoms with Crippen LogP contribution in [0.5, 0.6) is 0 Å². The first-order valence-electron chi connectivity index (χ1n) is 10.4. The lowest BCUT2D eigenvalue weighted by Crippen LogP contribution is -2.45. The zero-order valence-corrected chi connectivity index (χ0v) is 18.0. The third-order valence-corrected chi connectivity index (χ3v) is 7.50. The maximum absolute atomic E-state index is 13.3. The molecule has 0 saturated heterocycles. The van der Waals surface area contributed by atoms with Crippen LogP contribution in [0.15, 0.2) is 21.2 Å². The van der Waals surface area contributed by atoms with Crippen LogP contribution in [0.25, 0.3) is 0 Å². The van der Waals surface area contributed by atoms with Crippen LogP contribution < -0.4 is 4.90 Å². The van der Waals surface area contributed by atoms with E-state index in [-0.39, 0.29) is 17.2 Å². The number of hydrogen-bond acceptors (Lipinski definition) is 7. The number of hydrogen-bond donors (Lipinski definition) is 0. The molecule has 0 spiro atoms. The summed E-state index contributed by atoms with van der Waals surface area (Å²) in [7, 11) is 0. The quantitative estimate of drug-likeness (QED) is 0.581. The molecule has 2 aliphatic rings. The Hall–Kier alpha value is -1.41. The summed E-state index contributed by atoms with van der Waals surface area (Å²) < 4.78 is 5.92. The van der Waals surface area contributed by atoms with Gasteiger partial charge in [0.05, 0.1) is 5.25 Å². The first-order chi connectivity index (χ1) is 13.7. The van der Waals surface area contributed by atoms with Gasteiger partial charge in [-0.3, -0.25) is 9.69 Å². The summed E-state index contributed by atoms with van der Waals surface area (Å²) in [5.74, 6) is 1.21. The van der Waals surface area contributed by atoms with E-state index in [2.05, 4.69) is 15.2 Å². The molecule has 152 valence electrons. The molecule has 2 heterocycles. The molecule has 2 aromatic rings. The molecule has 0 unspecified atom stereocenters. The number of aromatic nitrogens is 3. The molecule has 0 aromatic carbocycles. The minimum Gasteiger partial charge on any atom is -0.416 e. The second kappa shape index (κ2) is 9.39. The molecule has 4 rings (SSSR count). The highest BCUT2D eigenvalue weighted by atomic mass is 32.2. The van der Waals surface area contributed by atoms with E-state index in [1.54, 1.807) is 6.20 Å². The number of thiazole rings is 1. The van der Waals surface area contributed by atoms with Gasteiger partial charge in [0.15, 0.2) is 5.13 Å². The number of amides is 1. The molecular formula is C20H28N4O2S2. The second-order valence-electron chi connectivity index (χ2n) is 7.82. The third kappa shape index (κ3) is 4.59. The molecule has 1 amide bonds. The summed E-state index contributed by atoms with van der Waals surface area (Å²) >= 11 is 2.90. The predicted molar refractivity (Wildman–Crippen MR) is 112 cm³/mol. The molecular weight excluding hydrogens is 392 g/mol. The van der Waals surface area contributed by atoms with Crippen molar-refractivity contribution in [2.24, 2.45) is 0 Å². The van der Waals surface area contributed by atoms with Crippen LogP contribution in [0, 0.1) is 0 Å². The van der Waals surface area contributed by atoms with E-state index in [0.717, 1.165) is 36.7 Å². The second-order valence-corrected chi connectivity index (χ2v) is 9.98. The molecule has 1 atom stereocenters. The van der Waals surface area contributed by atoms with E-state index in [4.69, 9.17) is 4.42 Å². The van der Waals surface area contributed by atoms with Gasteiger partial charge in [0, 0.05) is 23.5 Å². The van der Waals surface area contributed by atoms with Gasteiger partial charge in [-0.15, -0.1) is 21.5 Å². The van der Waals surface area contributed by atoms with Crippen LogP contribution in [0.2, 0.25) is 0 Å². The summed E-state index contributed by atoms with van der Waals surface area (Å²) in [5, 5.41) is 11.4. The average Bonchev–Trinajstić information content (AvgIpc) is 3.42. The van der Waals surface area contributed by atoms with Crippen LogP contribution in [-0.2, 0) is 4.79 Å². The summed E-state index contributed by atoms with van der Waals surface area (Å²) in [6, 6.07) is 0.246. The molecule has 28 heavy (non-hydrogen) atoms. The van der Waals surface area contributed by atoms with E-state index in [9.17, 15) is 4.79 Å². The van der Waals surface area contributed by atoms with Gasteiger partial charge < -0.3 is 4.42 Å². The zero-order valence-electron chi connectivity index (χ0n) is 16.4. The van der Waals surface area contributed by atoms with Crippen molar-refractivity contribution in [3.8, 4) is 0 Å². The van der Waals surface area contributed by atoms with E-state index >= 15 is 0 Å². The Morgan fingerprint density at radius 1 is 1.14 bits per heavy atom. The van der Waals surface area contributed by atoms with Gasteiger partial charge in [-0.2, -0.15) is 0 Å². The molecule has 0 bridgehead atoms. The van der Waals surface area contributed by atoms with Gasteiger partial charge in [-0.05, 0) is 32.6 Å². The Kier molecular flexibility index (Phi) is 6.67. The monoisotopic (exact) mass is 420 g/mol. The Morgan fingerprint density at radius 2 is 1.86 bits per heavy atom.